The summed E-state index contributed by atoms with van der Waals surface area (Å²) in [5, 5.41) is 13.0. The third-order valence-electron chi connectivity index (χ3n) is 3.10. The van der Waals surface area contributed by atoms with E-state index >= 15 is 0 Å². The Bertz CT molecular complexity index is 535. The highest BCUT2D eigenvalue weighted by atomic mass is 32.1. The molecule has 0 unspecified atom stereocenters. The first-order valence-electron chi connectivity index (χ1n) is 6.22. The number of nitrogens with zero attached hydrogens (tertiary/aromatic N) is 2. The summed E-state index contributed by atoms with van der Waals surface area (Å²) in [7, 11) is 0. The summed E-state index contributed by atoms with van der Waals surface area (Å²) in [6.07, 6.45) is 1.39. The summed E-state index contributed by atoms with van der Waals surface area (Å²) >= 11 is 0.944. The van der Waals surface area contributed by atoms with Crippen LogP contribution in [0.25, 0.3) is 0 Å². The zero-order valence-electron chi connectivity index (χ0n) is 11.0. The van der Waals surface area contributed by atoms with Crippen LogP contribution < -0.4 is 5.32 Å². The lowest BCUT2D eigenvalue weighted by Gasteiger charge is -2.31. The van der Waals surface area contributed by atoms with Crippen LogP contribution in [0.1, 0.15) is 40.1 Å². The maximum absolute atomic E-state index is 12.2. The molecule has 0 saturated carbocycles. The van der Waals surface area contributed by atoms with Crippen LogP contribution in [-0.2, 0) is 4.79 Å². The van der Waals surface area contributed by atoms with Crippen molar-refractivity contribution in [1.82, 2.24) is 15.2 Å². The van der Waals surface area contributed by atoms with Crippen LogP contribution in [0.4, 0.5) is 0 Å². The van der Waals surface area contributed by atoms with E-state index in [2.05, 4.69) is 10.3 Å². The van der Waals surface area contributed by atoms with Gasteiger partial charge in [-0.05, 0) is 12.8 Å². The molecule has 2 N–H and O–H groups in total. The molecule has 7 nitrogen and oxygen atoms in total. The number of piperidine rings is 1. The summed E-state index contributed by atoms with van der Waals surface area (Å²) in [6, 6.07) is 0.0987. The Kier molecular flexibility index (Phi) is 4.33. The lowest BCUT2D eigenvalue weighted by molar-refractivity contribution is -0.119. The van der Waals surface area contributed by atoms with Crippen LogP contribution in [0.5, 0.6) is 0 Å². The van der Waals surface area contributed by atoms with E-state index in [9.17, 15) is 14.4 Å². The Labute approximate surface area is 119 Å². The van der Waals surface area contributed by atoms with Gasteiger partial charge < -0.3 is 15.3 Å². The first-order valence-corrected chi connectivity index (χ1v) is 7.10. The standard InChI is InChI=1S/C12H15N3O4S/c1-7(16)13-8-2-4-15(5-3-8)11(17)9-6-20-10(14-9)12(18)19/h6,8H,2-5H2,1H3,(H,13,16)(H,18,19). The Hall–Kier alpha value is -1.96. The second-order valence-corrected chi connectivity index (χ2v) is 5.47. The molecule has 108 valence electrons. The largest absolute Gasteiger partial charge is 0.476 e. The van der Waals surface area contributed by atoms with E-state index in [4.69, 9.17) is 5.11 Å². The zero-order chi connectivity index (χ0) is 14.7. The smallest absolute Gasteiger partial charge is 0.365 e. The van der Waals surface area contributed by atoms with Gasteiger partial charge in [0.25, 0.3) is 5.91 Å². The van der Waals surface area contributed by atoms with E-state index in [1.54, 1.807) is 4.90 Å². The van der Waals surface area contributed by atoms with Gasteiger partial charge in [0.15, 0.2) is 0 Å². The predicted octanol–water partition coefficient (Wildman–Crippen LogP) is 0.582. The van der Waals surface area contributed by atoms with Crippen molar-refractivity contribution in [3.05, 3.63) is 16.1 Å². The van der Waals surface area contributed by atoms with E-state index in [1.807, 2.05) is 0 Å². The first-order chi connectivity index (χ1) is 9.47. The number of thiazole rings is 1. The lowest BCUT2D eigenvalue weighted by atomic mass is 10.0. The third kappa shape index (κ3) is 3.32. The Morgan fingerprint density at radius 1 is 1.40 bits per heavy atom. The monoisotopic (exact) mass is 297 g/mol. The van der Waals surface area contributed by atoms with Crippen molar-refractivity contribution in [2.24, 2.45) is 0 Å². The quantitative estimate of drug-likeness (QED) is 0.850. The number of aromatic carboxylic acids is 1. The van der Waals surface area contributed by atoms with Crippen molar-refractivity contribution in [1.29, 1.82) is 0 Å². The van der Waals surface area contributed by atoms with Gasteiger partial charge in [0.1, 0.15) is 5.69 Å². The summed E-state index contributed by atoms with van der Waals surface area (Å²) in [4.78, 5) is 39.3. The van der Waals surface area contributed by atoms with Gasteiger partial charge in [-0.15, -0.1) is 11.3 Å². The van der Waals surface area contributed by atoms with Gasteiger partial charge in [0.05, 0.1) is 0 Å². The van der Waals surface area contributed by atoms with Crippen molar-refractivity contribution >= 4 is 29.1 Å². The molecule has 0 atom stereocenters. The van der Waals surface area contributed by atoms with Crippen molar-refractivity contribution in [2.45, 2.75) is 25.8 Å². The second kappa shape index (κ2) is 6.00. The van der Waals surface area contributed by atoms with Crippen molar-refractivity contribution in [2.75, 3.05) is 13.1 Å². The molecule has 1 fully saturated rings. The lowest BCUT2D eigenvalue weighted by Crippen LogP contribution is -2.46. The number of nitrogens with one attached hydrogen (secondary N) is 1. The molecule has 0 aliphatic carbocycles. The minimum Gasteiger partial charge on any atom is -0.476 e. The van der Waals surface area contributed by atoms with Crippen molar-refractivity contribution in [3.8, 4) is 0 Å². The number of carbonyl (C=O) groups excluding carboxylic acids is 2. The molecule has 1 aromatic heterocycles. The Morgan fingerprint density at radius 3 is 2.55 bits per heavy atom. The molecule has 0 bridgehead atoms. The molecule has 1 aliphatic heterocycles. The highest BCUT2D eigenvalue weighted by Gasteiger charge is 2.25. The van der Waals surface area contributed by atoms with Gasteiger partial charge in [-0.25, -0.2) is 9.78 Å². The summed E-state index contributed by atoms with van der Waals surface area (Å²) in [6.45, 7) is 2.54. The Balaban J connectivity index is 1.94. The number of likely N-dealkylation sites (tertiary alicyclic amines) is 1. The molecule has 8 heteroatoms. The maximum atomic E-state index is 12.2. The summed E-state index contributed by atoms with van der Waals surface area (Å²) < 4.78 is 0. The fraction of sp³-hybridized carbons (Fsp3) is 0.500. The van der Waals surface area contributed by atoms with Gasteiger partial charge in [-0.2, -0.15) is 0 Å². The highest BCUT2D eigenvalue weighted by Crippen LogP contribution is 2.16. The number of amides is 2. The number of carbonyl (C=O) groups is 3. The number of carboxylic acids is 1. The molecule has 2 heterocycles. The zero-order valence-corrected chi connectivity index (χ0v) is 11.8. The van der Waals surface area contributed by atoms with Gasteiger partial charge in [0.2, 0.25) is 10.9 Å². The van der Waals surface area contributed by atoms with E-state index in [0.29, 0.717) is 25.9 Å². The number of aromatic nitrogens is 1. The van der Waals surface area contributed by atoms with Gasteiger partial charge in [-0.1, -0.05) is 0 Å². The fourth-order valence-electron chi connectivity index (χ4n) is 2.15. The van der Waals surface area contributed by atoms with Crippen LogP contribution in [0.3, 0.4) is 0 Å². The molecule has 0 spiro atoms. The molecule has 1 saturated heterocycles. The van der Waals surface area contributed by atoms with Crippen molar-refractivity contribution < 1.29 is 19.5 Å². The van der Waals surface area contributed by atoms with E-state index < -0.39 is 5.97 Å². The highest BCUT2D eigenvalue weighted by molar-refractivity contribution is 7.11. The minimum absolute atomic E-state index is 0.0691. The van der Waals surface area contributed by atoms with E-state index in [-0.39, 0.29) is 28.6 Å². The topological polar surface area (TPSA) is 99.6 Å². The van der Waals surface area contributed by atoms with Gasteiger partial charge in [0, 0.05) is 31.4 Å². The van der Waals surface area contributed by atoms with Gasteiger partial charge >= 0.3 is 5.97 Å². The fourth-order valence-corrected chi connectivity index (χ4v) is 2.78. The molecule has 20 heavy (non-hydrogen) atoms. The normalized spacial score (nSPS) is 15.9. The summed E-state index contributed by atoms with van der Waals surface area (Å²) in [5.74, 6) is -1.45. The molecular formula is C12H15N3O4S. The second-order valence-electron chi connectivity index (χ2n) is 4.61. The molecule has 2 amide bonds. The van der Waals surface area contributed by atoms with E-state index in [0.717, 1.165) is 11.3 Å². The number of hydrogen-bond acceptors (Lipinski definition) is 5. The summed E-state index contributed by atoms with van der Waals surface area (Å²) in [5.41, 5.74) is 0.172. The molecule has 0 radical (unpaired) electrons. The number of rotatable bonds is 3. The van der Waals surface area contributed by atoms with Crippen LogP contribution in [0.2, 0.25) is 0 Å². The molecule has 1 aromatic rings. The number of hydrogen-bond donors (Lipinski definition) is 2. The van der Waals surface area contributed by atoms with Crippen LogP contribution >= 0.6 is 11.3 Å². The van der Waals surface area contributed by atoms with Crippen molar-refractivity contribution in [3.63, 3.8) is 0 Å². The van der Waals surface area contributed by atoms with E-state index in [1.165, 1.54) is 12.3 Å². The van der Waals surface area contributed by atoms with Gasteiger partial charge in [-0.3, -0.25) is 9.59 Å². The molecule has 0 aromatic carbocycles. The minimum atomic E-state index is -1.13. The van der Waals surface area contributed by atoms with Crippen LogP contribution in [0, 0.1) is 0 Å². The average molecular weight is 297 g/mol. The van der Waals surface area contributed by atoms with Crippen LogP contribution in [0.15, 0.2) is 5.38 Å². The average Bonchev–Trinajstić information content (AvgIpc) is 2.88. The predicted molar refractivity (Wildman–Crippen MR) is 71.8 cm³/mol. The SMILES string of the molecule is CC(=O)NC1CCN(C(=O)c2csc(C(=O)O)n2)CC1. The third-order valence-corrected chi connectivity index (χ3v) is 3.93. The number of carboxylic acid groups (broad SMARTS) is 1. The molecular weight excluding hydrogens is 282 g/mol. The first kappa shape index (κ1) is 14.4. The van der Waals surface area contributed by atoms with Crippen LogP contribution in [-0.4, -0.2) is 51.9 Å². The molecule has 2 rings (SSSR count). The Morgan fingerprint density at radius 2 is 2.05 bits per heavy atom. The molecule has 1 aliphatic rings. The maximum Gasteiger partial charge on any atom is 0.365 e.